The molecule has 7 heteroatoms. The predicted molar refractivity (Wildman–Crippen MR) is 81.5 cm³/mol. The molecule has 0 aliphatic heterocycles. The molecule has 0 unspecified atom stereocenters. The van der Waals surface area contributed by atoms with E-state index in [1.54, 1.807) is 31.3 Å². The molecule has 118 valence electrons. The molecule has 0 saturated heterocycles. The third-order valence-corrected chi connectivity index (χ3v) is 5.45. The minimum absolute atomic E-state index is 0.0758. The van der Waals surface area contributed by atoms with Crippen molar-refractivity contribution in [2.75, 3.05) is 31.7 Å². The van der Waals surface area contributed by atoms with E-state index in [0.717, 1.165) is 0 Å². The molecule has 6 nitrogen and oxygen atoms in total. The summed E-state index contributed by atoms with van der Waals surface area (Å²) in [7, 11) is -1.76. The number of aliphatic hydroxyl groups is 1. The Kier molecular flexibility index (Phi) is 5.08. The summed E-state index contributed by atoms with van der Waals surface area (Å²) in [4.78, 5) is 0. The normalized spacial score (nSPS) is 22.0. The van der Waals surface area contributed by atoms with Crippen LogP contribution in [0.25, 0.3) is 0 Å². The average Bonchev–Trinajstić information content (AvgIpc) is 2.36. The second-order valence-corrected chi connectivity index (χ2v) is 7.70. The van der Waals surface area contributed by atoms with Gasteiger partial charge in [0.25, 0.3) is 0 Å². The van der Waals surface area contributed by atoms with E-state index in [4.69, 9.17) is 10.5 Å². The highest BCUT2D eigenvalue weighted by Gasteiger charge is 2.30. The van der Waals surface area contributed by atoms with Crippen molar-refractivity contribution in [2.24, 2.45) is 5.92 Å². The number of aliphatic hydroxyl groups excluding tert-OH is 1. The van der Waals surface area contributed by atoms with Gasteiger partial charge in [0.05, 0.1) is 11.9 Å². The Hall–Kier alpha value is -1.31. The highest BCUT2D eigenvalue weighted by atomic mass is 32.2. The van der Waals surface area contributed by atoms with Crippen molar-refractivity contribution < 1.29 is 18.3 Å². The molecular formula is C14H22N2O4S. The fraction of sp³-hybridized carbons (Fsp3) is 0.571. The van der Waals surface area contributed by atoms with Gasteiger partial charge in [0, 0.05) is 25.3 Å². The molecule has 0 atom stereocenters. The number of nitrogen functional groups attached to an aromatic ring is 1. The average molecular weight is 314 g/mol. The summed E-state index contributed by atoms with van der Waals surface area (Å²) < 4.78 is 31.0. The molecule has 0 spiro atoms. The lowest BCUT2D eigenvalue weighted by atomic mass is 9.82. The van der Waals surface area contributed by atoms with E-state index < -0.39 is 10.0 Å². The Bertz CT molecular complexity index is 570. The lowest BCUT2D eigenvalue weighted by Crippen LogP contribution is -2.40. The molecule has 1 saturated carbocycles. The first kappa shape index (κ1) is 16.1. The SMILES string of the molecule is CN(CC1CC(O)C1)S(=O)(=O)CCOc1cccc(N)c1. The molecule has 21 heavy (non-hydrogen) atoms. The van der Waals surface area contributed by atoms with E-state index >= 15 is 0 Å². The van der Waals surface area contributed by atoms with Gasteiger partial charge in [0.1, 0.15) is 12.4 Å². The molecule has 1 aromatic rings. The minimum Gasteiger partial charge on any atom is -0.492 e. The van der Waals surface area contributed by atoms with E-state index in [1.165, 1.54) is 4.31 Å². The summed E-state index contributed by atoms with van der Waals surface area (Å²) in [6, 6.07) is 6.89. The number of nitrogens with two attached hydrogens (primary N) is 1. The maximum Gasteiger partial charge on any atom is 0.217 e. The first-order chi connectivity index (χ1) is 9.87. The van der Waals surface area contributed by atoms with E-state index in [-0.39, 0.29) is 24.4 Å². The predicted octanol–water partition coefficient (Wildman–Crippen LogP) is 0.680. The molecule has 0 heterocycles. The molecule has 1 aliphatic rings. The van der Waals surface area contributed by atoms with Crippen LogP contribution in [-0.4, -0.2) is 49.9 Å². The van der Waals surface area contributed by atoms with Crippen molar-refractivity contribution in [3.63, 3.8) is 0 Å². The number of sulfonamides is 1. The monoisotopic (exact) mass is 314 g/mol. The summed E-state index contributed by atoms with van der Waals surface area (Å²) in [6.07, 6.45) is 1.09. The first-order valence-corrected chi connectivity index (χ1v) is 8.58. The molecule has 0 amide bonds. The van der Waals surface area contributed by atoms with Gasteiger partial charge in [-0.05, 0) is 30.9 Å². The number of ether oxygens (including phenoxy) is 1. The number of benzene rings is 1. The molecule has 2 rings (SSSR count). The quantitative estimate of drug-likeness (QED) is 0.722. The fourth-order valence-electron chi connectivity index (χ4n) is 2.35. The van der Waals surface area contributed by atoms with Crippen molar-refractivity contribution in [3.8, 4) is 5.75 Å². The molecule has 1 aromatic carbocycles. The van der Waals surface area contributed by atoms with Crippen LogP contribution in [-0.2, 0) is 10.0 Å². The summed E-state index contributed by atoms with van der Waals surface area (Å²) in [5, 5.41) is 9.23. The molecule has 1 aliphatic carbocycles. The van der Waals surface area contributed by atoms with Gasteiger partial charge in [-0.15, -0.1) is 0 Å². The van der Waals surface area contributed by atoms with Crippen molar-refractivity contribution in [1.29, 1.82) is 0 Å². The van der Waals surface area contributed by atoms with Gasteiger partial charge in [-0.1, -0.05) is 6.07 Å². The lowest BCUT2D eigenvalue weighted by molar-refractivity contribution is 0.0367. The van der Waals surface area contributed by atoms with Crippen LogP contribution in [0.4, 0.5) is 5.69 Å². The van der Waals surface area contributed by atoms with E-state index in [9.17, 15) is 13.5 Å². The Labute approximate surface area is 125 Å². The van der Waals surface area contributed by atoms with Crippen molar-refractivity contribution in [3.05, 3.63) is 24.3 Å². The van der Waals surface area contributed by atoms with Crippen molar-refractivity contribution >= 4 is 15.7 Å². The van der Waals surface area contributed by atoms with Gasteiger partial charge in [0.15, 0.2) is 0 Å². The zero-order chi connectivity index (χ0) is 15.5. The van der Waals surface area contributed by atoms with E-state index in [1.807, 2.05) is 0 Å². The van der Waals surface area contributed by atoms with Gasteiger partial charge in [-0.3, -0.25) is 0 Å². The van der Waals surface area contributed by atoms with Crippen LogP contribution in [0, 0.1) is 5.92 Å². The highest BCUT2D eigenvalue weighted by molar-refractivity contribution is 7.89. The van der Waals surface area contributed by atoms with Gasteiger partial charge in [-0.25, -0.2) is 12.7 Å². The summed E-state index contributed by atoms with van der Waals surface area (Å²) >= 11 is 0. The number of anilines is 1. The fourth-order valence-corrected chi connectivity index (χ4v) is 3.40. The topological polar surface area (TPSA) is 92.9 Å². The van der Waals surface area contributed by atoms with Crippen LogP contribution >= 0.6 is 0 Å². The summed E-state index contributed by atoms with van der Waals surface area (Å²) in [5.41, 5.74) is 6.20. The Balaban J connectivity index is 1.78. The van der Waals surface area contributed by atoms with Gasteiger partial charge < -0.3 is 15.6 Å². The Morgan fingerprint density at radius 3 is 2.76 bits per heavy atom. The van der Waals surface area contributed by atoms with Crippen molar-refractivity contribution in [1.82, 2.24) is 4.31 Å². The Morgan fingerprint density at radius 2 is 2.14 bits per heavy atom. The van der Waals surface area contributed by atoms with Crippen LogP contribution in [0.15, 0.2) is 24.3 Å². The maximum absolute atomic E-state index is 12.1. The van der Waals surface area contributed by atoms with Crippen LogP contribution in [0.1, 0.15) is 12.8 Å². The third kappa shape index (κ3) is 4.59. The summed E-state index contributed by atoms with van der Waals surface area (Å²) in [6.45, 7) is 0.543. The van der Waals surface area contributed by atoms with E-state index in [0.29, 0.717) is 30.8 Å². The molecular weight excluding hydrogens is 292 g/mol. The molecule has 0 bridgehead atoms. The lowest BCUT2D eigenvalue weighted by Gasteiger charge is -2.34. The van der Waals surface area contributed by atoms with Crippen molar-refractivity contribution in [2.45, 2.75) is 18.9 Å². The van der Waals surface area contributed by atoms with Crippen LogP contribution in [0.2, 0.25) is 0 Å². The summed E-state index contributed by atoms with van der Waals surface area (Å²) in [5.74, 6) is 0.748. The smallest absolute Gasteiger partial charge is 0.217 e. The zero-order valence-corrected chi connectivity index (χ0v) is 12.9. The second-order valence-electron chi connectivity index (χ2n) is 5.51. The largest absolute Gasteiger partial charge is 0.492 e. The van der Waals surface area contributed by atoms with Gasteiger partial charge >= 0.3 is 0 Å². The van der Waals surface area contributed by atoms with Crippen LogP contribution in [0.3, 0.4) is 0 Å². The van der Waals surface area contributed by atoms with Gasteiger partial charge in [-0.2, -0.15) is 0 Å². The maximum atomic E-state index is 12.1. The standard InChI is InChI=1S/C14H22N2O4S/c1-16(10-11-7-13(17)8-11)21(18,19)6-5-20-14-4-2-3-12(15)9-14/h2-4,9,11,13,17H,5-8,10,15H2,1H3. The molecule has 1 fully saturated rings. The number of nitrogens with zero attached hydrogens (tertiary/aromatic N) is 1. The van der Waals surface area contributed by atoms with Crippen LogP contribution < -0.4 is 10.5 Å². The second kappa shape index (κ2) is 6.64. The molecule has 0 aromatic heterocycles. The number of rotatable bonds is 7. The first-order valence-electron chi connectivity index (χ1n) is 6.97. The number of hydrogen-bond donors (Lipinski definition) is 2. The molecule has 3 N–H and O–H groups in total. The van der Waals surface area contributed by atoms with Gasteiger partial charge in [0.2, 0.25) is 10.0 Å². The molecule has 0 radical (unpaired) electrons. The third-order valence-electron chi connectivity index (χ3n) is 3.67. The number of hydrogen-bond acceptors (Lipinski definition) is 5. The van der Waals surface area contributed by atoms with Crippen LogP contribution in [0.5, 0.6) is 5.75 Å². The Morgan fingerprint density at radius 1 is 1.43 bits per heavy atom. The zero-order valence-electron chi connectivity index (χ0n) is 12.1. The van der Waals surface area contributed by atoms with E-state index in [2.05, 4.69) is 0 Å². The minimum atomic E-state index is -3.33. The highest BCUT2D eigenvalue weighted by Crippen LogP contribution is 2.28.